The molecule has 1 atom stereocenters. The molecule has 0 amide bonds. The minimum absolute atomic E-state index is 0.166. The third-order valence-corrected chi connectivity index (χ3v) is 4.72. The summed E-state index contributed by atoms with van der Waals surface area (Å²) in [6, 6.07) is 9.59. The number of aromatic nitrogens is 2. The Morgan fingerprint density at radius 1 is 1.29 bits per heavy atom. The second kappa shape index (κ2) is 6.73. The molecule has 1 unspecified atom stereocenters. The number of aliphatic hydroxyl groups is 1. The van der Waals surface area contributed by atoms with Crippen LogP contribution in [0.4, 0.5) is 0 Å². The van der Waals surface area contributed by atoms with Crippen molar-refractivity contribution >= 4 is 15.9 Å². The first-order valence-corrected chi connectivity index (χ1v) is 8.07. The molecule has 0 aliphatic heterocycles. The first-order valence-electron chi connectivity index (χ1n) is 7.27. The van der Waals surface area contributed by atoms with Gasteiger partial charge in [-0.25, -0.2) is 0 Å². The monoisotopic (exact) mass is 351 g/mol. The second-order valence-electron chi connectivity index (χ2n) is 5.16. The Hall–Kier alpha value is -1.17. The van der Waals surface area contributed by atoms with Gasteiger partial charge in [0.15, 0.2) is 0 Å². The van der Waals surface area contributed by atoms with Crippen LogP contribution in [-0.4, -0.2) is 21.4 Å². The second-order valence-corrected chi connectivity index (χ2v) is 5.95. The summed E-state index contributed by atoms with van der Waals surface area (Å²) in [6.45, 7) is 5.05. The molecule has 1 aromatic heterocycles. The molecule has 21 heavy (non-hydrogen) atoms. The summed E-state index contributed by atoms with van der Waals surface area (Å²) in [5.74, 6) is 0. The number of nitrogens with two attached hydrogens (primary N) is 1. The van der Waals surface area contributed by atoms with Crippen LogP contribution in [0, 0.1) is 0 Å². The van der Waals surface area contributed by atoms with Crippen molar-refractivity contribution in [2.24, 2.45) is 5.73 Å². The fourth-order valence-electron chi connectivity index (χ4n) is 2.50. The number of benzene rings is 1. The third-order valence-electron chi connectivity index (χ3n) is 3.80. The highest BCUT2D eigenvalue weighted by molar-refractivity contribution is 9.10. The van der Waals surface area contributed by atoms with Gasteiger partial charge in [0.1, 0.15) is 5.60 Å². The molecule has 5 heteroatoms. The van der Waals surface area contributed by atoms with Crippen LogP contribution >= 0.6 is 15.9 Å². The van der Waals surface area contributed by atoms with Crippen LogP contribution in [0.2, 0.25) is 0 Å². The molecule has 2 aromatic rings. The van der Waals surface area contributed by atoms with Crippen molar-refractivity contribution in [1.82, 2.24) is 9.78 Å². The van der Waals surface area contributed by atoms with Crippen molar-refractivity contribution in [2.75, 3.05) is 6.54 Å². The van der Waals surface area contributed by atoms with E-state index >= 15 is 0 Å². The Kier molecular flexibility index (Phi) is 5.19. The quantitative estimate of drug-likeness (QED) is 0.840. The smallest absolute Gasteiger partial charge is 0.107 e. The van der Waals surface area contributed by atoms with Gasteiger partial charge >= 0.3 is 0 Å². The molecule has 2 rings (SSSR count). The Bertz CT molecular complexity index is 597. The van der Waals surface area contributed by atoms with Gasteiger partial charge < -0.3 is 10.8 Å². The molecule has 3 N–H and O–H groups in total. The molecule has 1 aromatic carbocycles. The minimum Gasteiger partial charge on any atom is -0.383 e. The summed E-state index contributed by atoms with van der Waals surface area (Å²) in [5, 5.41) is 15.6. The van der Waals surface area contributed by atoms with Gasteiger partial charge in [-0.05, 0) is 34.8 Å². The summed E-state index contributed by atoms with van der Waals surface area (Å²) in [4.78, 5) is 0. The van der Waals surface area contributed by atoms with Crippen LogP contribution < -0.4 is 5.73 Å². The largest absolute Gasteiger partial charge is 0.383 e. The molecule has 1 heterocycles. The molecule has 0 aliphatic rings. The number of hydrogen-bond donors (Lipinski definition) is 2. The van der Waals surface area contributed by atoms with Crippen LogP contribution in [0.15, 0.2) is 34.8 Å². The normalized spacial score (nSPS) is 14.1. The zero-order valence-corrected chi connectivity index (χ0v) is 14.1. The van der Waals surface area contributed by atoms with Crippen LogP contribution in [0.25, 0.3) is 0 Å². The lowest BCUT2D eigenvalue weighted by molar-refractivity contribution is 0.0440. The fraction of sp³-hybridized carbons (Fsp3) is 0.438. The van der Waals surface area contributed by atoms with Gasteiger partial charge in [-0.15, -0.1) is 0 Å². The Morgan fingerprint density at radius 3 is 2.48 bits per heavy atom. The Morgan fingerprint density at radius 2 is 1.95 bits per heavy atom. The molecule has 0 aliphatic carbocycles. The molecular formula is C16H22BrN3O. The van der Waals surface area contributed by atoms with E-state index in [1.807, 2.05) is 41.9 Å². The lowest BCUT2D eigenvalue weighted by Gasteiger charge is -2.27. The predicted octanol–water partition coefficient (Wildman–Crippen LogP) is 2.62. The molecule has 0 spiro atoms. The van der Waals surface area contributed by atoms with Crippen molar-refractivity contribution in [3.8, 4) is 0 Å². The van der Waals surface area contributed by atoms with Gasteiger partial charge in [0, 0.05) is 19.5 Å². The van der Waals surface area contributed by atoms with E-state index in [0.29, 0.717) is 6.42 Å². The maximum atomic E-state index is 11.0. The third kappa shape index (κ3) is 3.20. The Balaban J connectivity index is 2.41. The summed E-state index contributed by atoms with van der Waals surface area (Å²) >= 11 is 3.62. The molecule has 0 saturated carbocycles. The molecule has 0 bridgehead atoms. The van der Waals surface area contributed by atoms with Gasteiger partial charge in [0.25, 0.3) is 0 Å². The topological polar surface area (TPSA) is 64.1 Å². The molecule has 0 fully saturated rings. The molecule has 0 saturated heterocycles. The predicted molar refractivity (Wildman–Crippen MR) is 88.1 cm³/mol. The first-order chi connectivity index (χ1) is 10.1. The first kappa shape index (κ1) is 16.2. The lowest BCUT2D eigenvalue weighted by atomic mass is 9.89. The summed E-state index contributed by atoms with van der Waals surface area (Å²) in [6.07, 6.45) is 1.29. The SMILES string of the molecule is CCc1nn(CC)c(CC(O)(CN)c2ccccc2)c1Br. The van der Waals surface area contributed by atoms with E-state index < -0.39 is 5.60 Å². The van der Waals surface area contributed by atoms with E-state index in [1.165, 1.54) is 0 Å². The van der Waals surface area contributed by atoms with Crippen LogP contribution in [0.3, 0.4) is 0 Å². The maximum absolute atomic E-state index is 11.0. The van der Waals surface area contributed by atoms with Crippen LogP contribution in [0.1, 0.15) is 30.8 Å². The highest BCUT2D eigenvalue weighted by Crippen LogP contribution is 2.30. The maximum Gasteiger partial charge on any atom is 0.107 e. The van der Waals surface area contributed by atoms with E-state index in [0.717, 1.165) is 34.4 Å². The fourth-order valence-corrected chi connectivity index (χ4v) is 3.21. The van der Waals surface area contributed by atoms with Crippen molar-refractivity contribution in [2.45, 2.75) is 38.8 Å². The van der Waals surface area contributed by atoms with Crippen LogP contribution in [-0.2, 0) is 25.0 Å². The highest BCUT2D eigenvalue weighted by Gasteiger charge is 2.31. The minimum atomic E-state index is -1.08. The standard InChI is InChI=1S/C16H22BrN3O/c1-3-13-15(17)14(20(4-2)19-13)10-16(21,11-18)12-8-6-5-7-9-12/h5-9,21H,3-4,10-11,18H2,1-2H3. The van der Waals surface area contributed by atoms with Crippen molar-refractivity contribution < 1.29 is 5.11 Å². The van der Waals surface area contributed by atoms with E-state index in [-0.39, 0.29) is 6.54 Å². The number of halogens is 1. The number of aryl methyl sites for hydroxylation is 2. The van der Waals surface area contributed by atoms with Gasteiger partial charge in [0.05, 0.1) is 15.9 Å². The lowest BCUT2D eigenvalue weighted by Crippen LogP contribution is -2.38. The van der Waals surface area contributed by atoms with Gasteiger partial charge in [0.2, 0.25) is 0 Å². The van der Waals surface area contributed by atoms with E-state index in [1.54, 1.807) is 0 Å². The van der Waals surface area contributed by atoms with E-state index in [4.69, 9.17) is 5.73 Å². The zero-order chi connectivity index (χ0) is 15.5. The molecule has 4 nitrogen and oxygen atoms in total. The molecule has 114 valence electrons. The molecule has 0 radical (unpaired) electrons. The number of nitrogens with zero attached hydrogens (tertiary/aromatic N) is 2. The highest BCUT2D eigenvalue weighted by atomic mass is 79.9. The van der Waals surface area contributed by atoms with E-state index in [2.05, 4.69) is 28.0 Å². The summed E-state index contributed by atoms with van der Waals surface area (Å²) in [5.41, 5.74) is 7.63. The van der Waals surface area contributed by atoms with Gasteiger partial charge in [-0.1, -0.05) is 37.3 Å². The summed E-state index contributed by atoms with van der Waals surface area (Å²) < 4.78 is 2.92. The van der Waals surface area contributed by atoms with E-state index in [9.17, 15) is 5.11 Å². The van der Waals surface area contributed by atoms with Crippen molar-refractivity contribution in [3.05, 3.63) is 51.8 Å². The van der Waals surface area contributed by atoms with Gasteiger partial charge in [-0.3, -0.25) is 4.68 Å². The van der Waals surface area contributed by atoms with Crippen molar-refractivity contribution in [3.63, 3.8) is 0 Å². The molecular weight excluding hydrogens is 330 g/mol. The Labute approximate surface area is 134 Å². The average molecular weight is 352 g/mol. The number of rotatable bonds is 6. The van der Waals surface area contributed by atoms with Crippen molar-refractivity contribution in [1.29, 1.82) is 0 Å². The summed E-state index contributed by atoms with van der Waals surface area (Å²) in [7, 11) is 0. The average Bonchev–Trinajstić information content (AvgIpc) is 2.83. The zero-order valence-electron chi connectivity index (χ0n) is 12.5. The number of hydrogen-bond acceptors (Lipinski definition) is 3. The van der Waals surface area contributed by atoms with Crippen LogP contribution in [0.5, 0.6) is 0 Å². The van der Waals surface area contributed by atoms with Gasteiger partial charge in [-0.2, -0.15) is 5.10 Å².